The lowest BCUT2D eigenvalue weighted by Crippen LogP contribution is -2.34. The molecule has 1 aromatic carbocycles. The van der Waals surface area contributed by atoms with Crippen molar-refractivity contribution in [2.75, 3.05) is 20.8 Å². The maximum Gasteiger partial charge on any atom is 0.268 e. The predicted molar refractivity (Wildman–Crippen MR) is 90.4 cm³/mol. The lowest BCUT2D eigenvalue weighted by molar-refractivity contribution is -0.141. The summed E-state index contributed by atoms with van der Waals surface area (Å²) in [6.45, 7) is -0.333. The maximum absolute atomic E-state index is 12.2. The van der Waals surface area contributed by atoms with Gasteiger partial charge in [0, 0.05) is 19.9 Å². The Bertz CT molecular complexity index is 927. The van der Waals surface area contributed by atoms with E-state index in [-0.39, 0.29) is 31.2 Å². The van der Waals surface area contributed by atoms with Gasteiger partial charge in [-0.25, -0.2) is 0 Å². The van der Waals surface area contributed by atoms with E-state index in [4.69, 9.17) is 9.47 Å². The second-order valence-corrected chi connectivity index (χ2v) is 6.45. The second-order valence-electron chi connectivity index (χ2n) is 5.47. The van der Waals surface area contributed by atoms with Gasteiger partial charge in [-0.1, -0.05) is 11.3 Å². The van der Waals surface area contributed by atoms with Crippen LogP contribution in [0.4, 0.5) is 0 Å². The van der Waals surface area contributed by atoms with Crippen molar-refractivity contribution in [1.82, 2.24) is 9.47 Å². The van der Waals surface area contributed by atoms with E-state index in [0.717, 1.165) is 15.1 Å². The fourth-order valence-electron chi connectivity index (χ4n) is 2.71. The van der Waals surface area contributed by atoms with Gasteiger partial charge in [0.1, 0.15) is 28.3 Å². The molecule has 2 aromatic rings. The van der Waals surface area contributed by atoms with E-state index in [1.807, 2.05) is 0 Å². The first-order valence-corrected chi connectivity index (χ1v) is 8.39. The van der Waals surface area contributed by atoms with Crippen molar-refractivity contribution in [3.05, 3.63) is 16.9 Å². The van der Waals surface area contributed by atoms with Gasteiger partial charge in [0.05, 0.1) is 14.2 Å². The Kier molecular flexibility index (Phi) is 4.58. The van der Waals surface area contributed by atoms with E-state index in [0.29, 0.717) is 16.3 Å². The minimum absolute atomic E-state index is 0.150. The summed E-state index contributed by atoms with van der Waals surface area (Å²) in [7, 11) is 4.89. The number of nitrogens with zero attached hydrogens (tertiary/aromatic N) is 3. The molecule has 0 aliphatic carbocycles. The summed E-state index contributed by atoms with van der Waals surface area (Å²) >= 11 is 1.27. The van der Waals surface area contributed by atoms with Crippen molar-refractivity contribution < 1.29 is 23.9 Å². The van der Waals surface area contributed by atoms with Crippen LogP contribution in [0.25, 0.3) is 10.2 Å². The number of hydrogen-bond acceptors (Lipinski definition) is 6. The van der Waals surface area contributed by atoms with Crippen molar-refractivity contribution in [3.8, 4) is 11.5 Å². The fourth-order valence-corrected chi connectivity index (χ4v) is 3.85. The highest BCUT2D eigenvalue weighted by atomic mass is 32.1. The highest BCUT2D eigenvalue weighted by Crippen LogP contribution is 2.34. The summed E-state index contributed by atoms with van der Waals surface area (Å²) < 4.78 is 13.2. The average Bonchev–Trinajstić information content (AvgIpc) is 3.09. The Morgan fingerprint density at radius 1 is 1.16 bits per heavy atom. The van der Waals surface area contributed by atoms with Gasteiger partial charge >= 0.3 is 0 Å². The second kappa shape index (κ2) is 6.67. The van der Waals surface area contributed by atoms with Gasteiger partial charge in [-0.3, -0.25) is 19.3 Å². The molecule has 1 aliphatic rings. The Morgan fingerprint density at radius 3 is 2.36 bits per heavy atom. The van der Waals surface area contributed by atoms with E-state index in [1.165, 1.54) is 11.3 Å². The molecule has 0 spiro atoms. The van der Waals surface area contributed by atoms with Crippen LogP contribution < -0.4 is 14.3 Å². The number of likely N-dealkylation sites (tertiary alicyclic amines) is 1. The quantitative estimate of drug-likeness (QED) is 0.751. The molecule has 0 saturated carbocycles. The number of rotatable bonds is 4. The molecule has 0 atom stereocenters. The number of methoxy groups -OCH3 is 2. The predicted octanol–water partition coefficient (Wildman–Crippen LogP) is 0.833. The van der Waals surface area contributed by atoms with Gasteiger partial charge in [0.15, 0.2) is 4.80 Å². The molecule has 3 rings (SSSR count). The third-order valence-electron chi connectivity index (χ3n) is 3.98. The lowest BCUT2D eigenvalue weighted by Gasteiger charge is -2.09. The molecular formula is C16H17N3O5S. The molecule has 2 heterocycles. The number of thiazole rings is 1. The van der Waals surface area contributed by atoms with Gasteiger partial charge in [0.2, 0.25) is 11.8 Å². The number of amides is 3. The summed E-state index contributed by atoms with van der Waals surface area (Å²) in [4.78, 5) is 40.9. The van der Waals surface area contributed by atoms with Crippen molar-refractivity contribution in [1.29, 1.82) is 0 Å². The Balaban J connectivity index is 2.02. The highest BCUT2D eigenvalue weighted by Gasteiger charge is 2.30. The van der Waals surface area contributed by atoms with Gasteiger partial charge < -0.3 is 14.0 Å². The number of benzene rings is 1. The number of aryl methyl sites for hydroxylation is 1. The first-order chi connectivity index (χ1) is 12.0. The number of fused-ring (bicyclic) bond motifs is 1. The molecule has 1 saturated heterocycles. The molecule has 3 amide bonds. The van der Waals surface area contributed by atoms with E-state index in [9.17, 15) is 14.4 Å². The van der Waals surface area contributed by atoms with Crippen LogP contribution in [-0.2, 0) is 21.4 Å². The smallest absolute Gasteiger partial charge is 0.268 e. The lowest BCUT2D eigenvalue weighted by atomic mass is 10.3. The molecule has 1 aromatic heterocycles. The average molecular weight is 363 g/mol. The molecule has 0 radical (unpaired) electrons. The van der Waals surface area contributed by atoms with Crippen LogP contribution in [0.1, 0.15) is 12.8 Å². The van der Waals surface area contributed by atoms with Crippen molar-refractivity contribution in [2.45, 2.75) is 12.8 Å². The Labute approximate surface area is 147 Å². The molecule has 1 aliphatic heterocycles. The normalized spacial score (nSPS) is 15.3. The van der Waals surface area contributed by atoms with Crippen LogP contribution in [0.3, 0.4) is 0 Å². The van der Waals surface area contributed by atoms with Crippen LogP contribution in [-0.4, -0.2) is 48.0 Å². The van der Waals surface area contributed by atoms with E-state index < -0.39 is 5.91 Å². The summed E-state index contributed by atoms with van der Waals surface area (Å²) in [6.07, 6.45) is 0.300. The molecule has 8 nitrogen and oxygen atoms in total. The third kappa shape index (κ3) is 3.02. The summed E-state index contributed by atoms with van der Waals surface area (Å²) in [5.74, 6) is 0.0578. The zero-order chi connectivity index (χ0) is 18.1. The topological polar surface area (TPSA) is 90.2 Å². The Hall–Kier alpha value is -2.68. The number of carbonyl (C=O) groups excluding carboxylic acids is 3. The fraction of sp³-hybridized carbons (Fsp3) is 0.375. The first kappa shape index (κ1) is 17.2. The van der Waals surface area contributed by atoms with Crippen LogP contribution in [0.2, 0.25) is 0 Å². The summed E-state index contributed by atoms with van der Waals surface area (Å²) in [5.41, 5.74) is 0.756. The van der Waals surface area contributed by atoms with Crippen LogP contribution in [0.15, 0.2) is 17.1 Å². The standard InChI is InChI=1S/C16H17N3O5S/c1-18-14-9(23-2)4-5-10(24-3)15(14)25-16(18)17-11(20)8-19-12(21)6-7-13(19)22/h4-5H,6-8H2,1-3H3. The van der Waals surface area contributed by atoms with Gasteiger partial charge in [0.25, 0.3) is 5.91 Å². The number of aromatic nitrogens is 1. The largest absolute Gasteiger partial charge is 0.495 e. The van der Waals surface area contributed by atoms with Crippen molar-refractivity contribution in [2.24, 2.45) is 12.0 Å². The third-order valence-corrected chi connectivity index (χ3v) is 5.13. The van der Waals surface area contributed by atoms with E-state index in [2.05, 4.69) is 4.99 Å². The van der Waals surface area contributed by atoms with Crippen molar-refractivity contribution in [3.63, 3.8) is 0 Å². The van der Waals surface area contributed by atoms with Crippen LogP contribution in [0, 0.1) is 0 Å². The van der Waals surface area contributed by atoms with Gasteiger partial charge in [-0.05, 0) is 12.1 Å². The first-order valence-electron chi connectivity index (χ1n) is 7.57. The molecule has 132 valence electrons. The van der Waals surface area contributed by atoms with E-state index >= 15 is 0 Å². The monoisotopic (exact) mass is 363 g/mol. The Morgan fingerprint density at radius 2 is 1.76 bits per heavy atom. The molecule has 25 heavy (non-hydrogen) atoms. The number of hydrogen-bond donors (Lipinski definition) is 0. The minimum Gasteiger partial charge on any atom is -0.495 e. The maximum atomic E-state index is 12.2. The van der Waals surface area contributed by atoms with Gasteiger partial charge in [-0.15, -0.1) is 0 Å². The summed E-state index contributed by atoms with van der Waals surface area (Å²) in [5, 5.41) is 0. The van der Waals surface area contributed by atoms with Gasteiger partial charge in [-0.2, -0.15) is 4.99 Å². The van der Waals surface area contributed by atoms with Crippen LogP contribution >= 0.6 is 11.3 Å². The van der Waals surface area contributed by atoms with Crippen molar-refractivity contribution >= 4 is 39.3 Å². The molecule has 0 unspecified atom stereocenters. The molecule has 0 bridgehead atoms. The zero-order valence-corrected chi connectivity index (χ0v) is 14.9. The summed E-state index contributed by atoms with van der Waals surface area (Å²) in [6, 6.07) is 3.56. The molecule has 9 heteroatoms. The molecule has 1 fully saturated rings. The highest BCUT2D eigenvalue weighted by molar-refractivity contribution is 7.16. The number of imide groups is 1. The number of ether oxygens (including phenoxy) is 2. The van der Waals surface area contributed by atoms with Crippen LogP contribution in [0.5, 0.6) is 11.5 Å². The molecule has 0 N–H and O–H groups in total. The van der Waals surface area contributed by atoms with E-state index in [1.54, 1.807) is 38.0 Å². The number of carbonyl (C=O) groups is 3. The molecular weight excluding hydrogens is 346 g/mol. The SMILES string of the molecule is COc1ccc(OC)c2c1sc(=NC(=O)CN1C(=O)CCC1=O)n2C. The zero-order valence-electron chi connectivity index (χ0n) is 14.1. The minimum atomic E-state index is -0.552.